The van der Waals surface area contributed by atoms with Crippen LogP contribution in [-0.4, -0.2) is 5.91 Å². The number of hydrogen-bond acceptors (Lipinski definition) is 4. The van der Waals surface area contributed by atoms with Crippen molar-refractivity contribution in [3.05, 3.63) is 49.6 Å². The summed E-state index contributed by atoms with van der Waals surface area (Å²) in [7, 11) is 0. The Bertz CT molecular complexity index is 617. The normalized spacial score (nSPS) is 10.4. The van der Waals surface area contributed by atoms with Gasteiger partial charge in [-0.2, -0.15) is 0 Å². The first-order valence-corrected chi connectivity index (χ1v) is 7.61. The molecule has 0 aliphatic carbocycles. The summed E-state index contributed by atoms with van der Waals surface area (Å²) in [5.74, 6) is 5.64. The molecule has 0 fully saturated rings. The van der Waals surface area contributed by atoms with Gasteiger partial charge in [-0.25, -0.2) is 5.84 Å². The molecule has 1 aromatic carbocycles. The van der Waals surface area contributed by atoms with Gasteiger partial charge in [-0.3, -0.25) is 10.2 Å². The number of ether oxygens (including phenoxy) is 1. The summed E-state index contributed by atoms with van der Waals surface area (Å²) < 4.78 is 6.86. The number of aryl methyl sites for hydroxylation is 2. The molecule has 6 heteroatoms. The summed E-state index contributed by atoms with van der Waals surface area (Å²) in [5, 5.41) is 0. The molecule has 0 atom stereocenters. The van der Waals surface area contributed by atoms with Gasteiger partial charge in [0, 0.05) is 9.35 Å². The van der Waals surface area contributed by atoms with Gasteiger partial charge in [-0.15, -0.1) is 11.3 Å². The third-order valence-corrected chi connectivity index (χ3v) is 5.12. The Morgan fingerprint density at radius 1 is 1.35 bits per heavy atom. The molecule has 106 valence electrons. The van der Waals surface area contributed by atoms with Gasteiger partial charge in [-0.1, -0.05) is 15.9 Å². The fraction of sp³-hybridized carbons (Fsp3) is 0.214. The Hall–Kier alpha value is -1.37. The number of thiophene rings is 1. The molecular weight excluding hydrogens is 340 g/mol. The standard InChI is InChI=1S/C14H15BrN2O2S/c1-8-5-10(6-9(2)13(8)15)19-7-11-3-4-12(20-11)14(18)17-16/h3-6H,7,16H2,1-2H3,(H,17,18). The number of amides is 1. The van der Waals surface area contributed by atoms with E-state index in [0.717, 1.165) is 26.2 Å². The smallest absolute Gasteiger partial charge is 0.275 e. The molecule has 4 nitrogen and oxygen atoms in total. The van der Waals surface area contributed by atoms with Crippen LogP contribution in [0.15, 0.2) is 28.7 Å². The second-order valence-electron chi connectivity index (χ2n) is 4.40. The van der Waals surface area contributed by atoms with Crippen LogP contribution < -0.4 is 16.0 Å². The van der Waals surface area contributed by atoms with Crippen molar-refractivity contribution in [2.24, 2.45) is 5.84 Å². The molecule has 0 bridgehead atoms. The minimum absolute atomic E-state index is 0.281. The number of hydrogen-bond donors (Lipinski definition) is 2. The van der Waals surface area contributed by atoms with Gasteiger partial charge in [-0.05, 0) is 49.2 Å². The van der Waals surface area contributed by atoms with Crippen molar-refractivity contribution in [1.82, 2.24) is 5.43 Å². The summed E-state index contributed by atoms with van der Waals surface area (Å²) in [6.45, 7) is 4.49. The van der Waals surface area contributed by atoms with E-state index in [2.05, 4.69) is 21.4 Å². The Balaban J connectivity index is 2.05. The zero-order chi connectivity index (χ0) is 14.7. The zero-order valence-corrected chi connectivity index (χ0v) is 13.6. The second-order valence-corrected chi connectivity index (χ2v) is 6.36. The maximum atomic E-state index is 11.4. The molecule has 0 spiro atoms. The minimum atomic E-state index is -0.281. The van der Waals surface area contributed by atoms with Crippen molar-refractivity contribution in [2.45, 2.75) is 20.5 Å². The van der Waals surface area contributed by atoms with Gasteiger partial charge < -0.3 is 4.74 Å². The van der Waals surface area contributed by atoms with E-state index in [-0.39, 0.29) is 5.91 Å². The predicted molar refractivity (Wildman–Crippen MR) is 83.9 cm³/mol. The average Bonchev–Trinajstić information content (AvgIpc) is 2.90. The van der Waals surface area contributed by atoms with Crippen LogP contribution in [0.2, 0.25) is 0 Å². The molecule has 2 rings (SSSR count). The number of carbonyl (C=O) groups excluding carboxylic acids is 1. The van der Waals surface area contributed by atoms with Crippen molar-refractivity contribution in [3.8, 4) is 5.75 Å². The minimum Gasteiger partial charge on any atom is -0.488 e. The van der Waals surface area contributed by atoms with Crippen LogP contribution in [0, 0.1) is 13.8 Å². The summed E-state index contributed by atoms with van der Waals surface area (Å²) in [6, 6.07) is 7.58. The molecule has 1 heterocycles. The Kier molecular flexibility index (Phi) is 4.80. The summed E-state index contributed by atoms with van der Waals surface area (Å²) in [5.41, 5.74) is 4.38. The lowest BCUT2D eigenvalue weighted by molar-refractivity contribution is 0.0957. The van der Waals surface area contributed by atoms with Gasteiger partial charge >= 0.3 is 0 Å². The number of nitrogen functional groups attached to an aromatic ring is 1. The van der Waals surface area contributed by atoms with E-state index >= 15 is 0 Å². The van der Waals surface area contributed by atoms with E-state index in [0.29, 0.717) is 11.5 Å². The maximum Gasteiger partial charge on any atom is 0.275 e. The SMILES string of the molecule is Cc1cc(OCc2ccc(C(=O)NN)s2)cc(C)c1Br. The van der Waals surface area contributed by atoms with E-state index in [1.807, 2.05) is 32.0 Å². The number of nitrogens with two attached hydrogens (primary N) is 1. The van der Waals surface area contributed by atoms with E-state index < -0.39 is 0 Å². The molecule has 3 N–H and O–H groups in total. The number of hydrazine groups is 1. The quantitative estimate of drug-likeness (QED) is 0.502. The van der Waals surface area contributed by atoms with Gasteiger partial charge in [0.05, 0.1) is 4.88 Å². The number of carbonyl (C=O) groups is 1. The fourth-order valence-electron chi connectivity index (χ4n) is 1.79. The van der Waals surface area contributed by atoms with E-state index in [1.54, 1.807) is 6.07 Å². The topological polar surface area (TPSA) is 64.3 Å². The monoisotopic (exact) mass is 354 g/mol. The number of nitrogens with one attached hydrogen (secondary N) is 1. The summed E-state index contributed by atoms with van der Waals surface area (Å²) in [4.78, 5) is 12.9. The highest BCUT2D eigenvalue weighted by Gasteiger charge is 2.08. The van der Waals surface area contributed by atoms with Crippen LogP contribution in [0.5, 0.6) is 5.75 Å². The van der Waals surface area contributed by atoms with Crippen LogP contribution in [-0.2, 0) is 6.61 Å². The highest BCUT2D eigenvalue weighted by Crippen LogP contribution is 2.27. The molecule has 0 unspecified atom stereocenters. The van der Waals surface area contributed by atoms with Crippen LogP contribution in [0.25, 0.3) is 0 Å². The molecule has 0 aliphatic heterocycles. The molecule has 20 heavy (non-hydrogen) atoms. The first-order chi connectivity index (χ1) is 9.51. The van der Waals surface area contributed by atoms with Crippen LogP contribution in [0.1, 0.15) is 25.7 Å². The van der Waals surface area contributed by atoms with Crippen molar-refractivity contribution < 1.29 is 9.53 Å². The van der Waals surface area contributed by atoms with Gasteiger partial charge in [0.1, 0.15) is 12.4 Å². The Morgan fingerprint density at radius 2 is 2.00 bits per heavy atom. The molecule has 1 amide bonds. The molecule has 0 aliphatic rings. The lowest BCUT2D eigenvalue weighted by Gasteiger charge is -2.09. The third-order valence-electron chi connectivity index (χ3n) is 2.81. The first kappa shape index (κ1) is 15.0. The molecular formula is C14H15BrN2O2S. The molecule has 1 aromatic heterocycles. The number of benzene rings is 1. The van der Waals surface area contributed by atoms with Gasteiger partial charge in [0.25, 0.3) is 5.91 Å². The highest BCUT2D eigenvalue weighted by molar-refractivity contribution is 9.10. The predicted octanol–water partition coefficient (Wildman–Crippen LogP) is 3.31. The van der Waals surface area contributed by atoms with Crippen molar-refractivity contribution in [1.29, 1.82) is 0 Å². The maximum absolute atomic E-state index is 11.4. The third kappa shape index (κ3) is 3.39. The zero-order valence-electron chi connectivity index (χ0n) is 11.2. The second kappa shape index (κ2) is 6.39. The Morgan fingerprint density at radius 3 is 2.60 bits per heavy atom. The van der Waals surface area contributed by atoms with Crippen LogP contribution in [0.4, 0.5) is 0 Å². The van der Waals surface area contributed by atoms with Crippen molar-refractivity contribution in [2.75, 3.05) is 0 Å². The number of halogens is 1. The van der Waals surface area contributed by atoms with E-state index in [9.17, 15) is 4.79 Å². The van der Waals surface area contributed by atoms with Crippen LogP contribution >= 0.6 is 27.3 Å². The molecule has 0 radical (unpaired) electrons. The molecule has 0 saturated carbocycles. The van der Waals surface area contributed by atoms with E-state index in [4.69, 9.17) is 10.6 Å². The fourth-order valence-corrected chi connectivity index (χ4v) is 2.85. The van der Waals surface area contributed by atoms with Crippen LogP contribution in [0.3, 0.4) is 0 Å². The highest BCUT2D eigenvalue weighted by atomic mass is 79.9. The average molecular weight is 355 g/mol. The Labute approximate surface area is 130 Å². The lowest BCUT2D eigenvalue weighted by Crippen LogP contribution is -2.29. The summed E-state index contributed by atoms with van der Waals surface area (Å²) >= 11 is 4.90. The largest absolute Gasteiger partial charge is 0.488 e. The first-order valence-electron chi connectivity index (χ1n) is 6.00. The lowest BCUT2D eigenvalue weighted by atomic mass is 10.1. The van der Waals surface area contributed by atoms with Crippen molar-refractivity contribution >= 4 is 33.2 Å². The van der Waals surface area contributed by atoms with E-state index in [1.165, 1.54) is 11.3 Å². The number of rotatable bonds is 4. The van der Waals surface area contributed by atoms with Gasteiger partial charge in [0.15, 0.2) is 0 Å². The van der Waals surface area contributed by atoms with Crippen molar-refractivity contribution in [3.63, 3.8) is 0 Å². The molecule has 2 aromatic rings. The van der Waals surface area contributed by atoms with Gasteiger partial charge in [0.2, 0.25) is 0 Å². The summed E-state index contributed by atoms with van der Waals surface area (Å²) in [6.07, 6.45) is 0. The molecule has 0 saturated heterocycles.